The predicted octanol–water partition coefficient (Wildman–Crippen LogP) is 3.68. The van der Waals surface area contributed by atoms with Crippen molar-refractivity contribution in [3.63, 3.8) is 0 Å². The molecule has 2 heterocycles. The quantitative estimate of drug-likeness (QED) is 0.715. The monoisotopic (exact) mass is 392 g/mol. The molecule has 1 saturated heterocycles. The van der Waals surface area contributed by atoms with Crippen molar-refractivity contribution in [2.24, 2.45) is 0 Å². The van der Waals surface area contributed by atoms with Gasteiger partial charge in [0.2, 0.25) is 0 Å². The summed E-state index contributed by atoms with van der Waals surface area (Å²) < 4.78 is 14.1. The Kier molecular flexibility index (Phi) is 5.46. The molecule has 1 fully saturated rings. The summed E-state index contributed by atoms with van der Waals surface area (Å²) in [5.74, 6) is 1.25. The molecule has 2 aromatic carbocycles. The van der Waals surface area contributed by atoms with Crippen LogP contribution in [0.25, 0.3) is 0 Å². The van der Waals surface area contributed by atoms with Crippen molar-refractivity contribution in [2.45, 2.75) is 6.92 Å². The van der Waals surface area contributed by atoms with Crippen molar-refractivity contribution >= 4 is 28.7 Å². The summed E-state index contributed by atoms with van der Waals surface area (Å²) in [5.41, 5.74) is 8.76. The van der Waals surface area contributed by atoms with E-state index in [1.807, 2.05) is 42.5 Å². The first-order valence-corrected chi connectivity index (χ1v) is 9.86. The molecule has 6 nitrogen and oxygen atoms in total. The fraction of sp³-hybridized carbons (Fsp3) is 0.273. The predicted molar refractivity (Wildman–Crippen MR) is 116 cm³/mol. The van der Waals surface area contributed by atoms with E-state index >= 15 is 0 Å². The van der Waals surface area contributed by atoms with Gasteiger partial charge in [0.25, 0.3) is 0 Å². The molecule has 0 spiro atoms. The van der Waals surface area contributed by atoms with Crippen LogP contribution in [0.3, 0.4) is 0 Å². The van der Waals surface area contributed by atoms with E-state index in [-0.39, 0.29) is 5.82 Å². The lowest BCUT2D eigenvalue weighted by Crippen LogP contribution is -2.47. The lowest BCUT2D eigenvalue weighted by Gasteiger charge is -2.37. The molecule has 0 atom stereocenters. The minimum Gasteiger partial charge on any atom is -0.393 e. The topological polar surface area (TPSA) is 61.5 Å². The number of aromatic nitrogens is 2. The van der Waals surface area contributed by atoms with Gasteiger partial charge in [-0.25, -0.2) is 14.4 Å². The maximum absolute atomic E-state index is 14.1. The van der Waals surface area contributed by atoms with E-state index in [4.69, 9.17) is 5.73 Å². The van der Waals surface area contributed by atoms with Crippen LogP contribution in [0.4, 0.5) is 33.1 Å². The molecule has 7 heteroatoms. The van der Waals surface area contributed by atoms with Crippen LogP contribution in [-0.2, 0) is 0 Å². The molecule has 1 aromatic heterocycles. The van der Waals surface area contributed by atoms with Crippen molar-refractivity contribution in [3.05, 3.63) is 66.7 Å². The number of nitrogens with two attached hydrogens (primary N) is 1. The minimum atomic E-state index is -0.189. The molecule has 0 unspecified atom stereocenters. The van der Waals surface area contributed by atoms with Crippen LogP contribution in [0, 0.1) is 5.82 Å². The zero-order valence-corrected chi connectivity index (χ0v) is 16.5. The van der Waals surface area contributed by atoms with Gasteiger partial charge < -0.3 is 20.4 Å². The number of piperazine rings is 1. The van der Waals surface area contributed by atoms with Gasteiger partial charge in [-0.05, 0) is 31.2 Å². The highest BCUT2D eigenvalue weighted by Gasteiger charge is 2.24. The first-order valence-electron chi connectivity index (χ1n) is 9.86. The molecule has 29 heavy (non-hydrogen) atoms. The number of hydrogen-bond acceptors (Lipinski definition) is 6. The number of nitrogen functional groups attached to an aromatic ring is 1. The van der Waals surface area contributed by atoms with Gasteiger partial charge in [0.1, 0.15) is 17.8 Å². The van der Waals surface area contributed by atoms with E-state index in [9.17, 15) is 4.39 Å². The average molecular weight is 392 g/mol. The lowest BCUT2D eigenvalue weighted by molar-refractivity contribution is 0.596. The Balaban J connectivity index is 1.55. The summed E-state index contributed by atoms with van der Waals surface area (Å²) in [6.45, 7) is 5.65. The summed E-state index contributed by atoms with van der Waals surface area (Å²) in [4.78, 5) is 15.2. The highest BCUT2D eigenvalue weighted by atomic mass is 19.1. The van der Waals surface area contributed by atoms with Gasteiger partial charge in [-0.15, -0.1) is 0 Å². The van der Waals surface area contributed by atoms with Gasteiger partial charge in [-0.2, -0.15) is 0 Å². The zero-order valence-electron chi connectivity index (χ0n) is 16.5. The van der Waals surface area contributed by atoms with Gasteiger partial charge in [-0.1, -0.05) is 30.3 Å². The Morgan fingerprint density at radius 3 is 2.28 bits per heavy atom. The SMILES string of the molecule is CCN(c1ccccc1)c1ncnc(N2CCN(c3ccccc3F)CC2)c1N. The fourth-order valence-electron chi connectivity index (χ4n) is 3.77. The maximum Gasteiger partial charge on any atom is 0.161 e. The highest BCUT2D eigenvalue weighted by Crippen LogP contribution is 2.34. The van der Waals surface area contributed by atoms with Crippen molar-refractivity contribution in [1.29, 1.82) is 0 Å². The largest absolute Gasteiger partial charge is 0.393 e. The first kappa shape index (κ1) is 19.0. The number of benzene rings is 2. The second-order valence-corrected chi connectivity index (χ2v) is 6.94. The standard InChI is InChI=1S/C22H25FN6/c1-2-29(17-8-4-3-5-9-17)22-20(24)21(25-16-26-22)28-14-12-27(13-15-28)19-11-7-6-10-18(19)23/h3-11,16H,2,12-15,24H2,1H3. The molecule has 2 N–H and O–H groups in total. The van der Waals surface area contributed by atoms with E-state index in [2.05, 4.69) is 31.6 Å². The van der Waals surface area contributed by atoms with Crippen LogP contribution in [0.15, 0.2) is 60.9 Å². The van der Waals surface area contributed by atoms with E-state index in [0.29, 0.717) is 43.4 Å². The van der Waals surface area contributed by atoms with Crippen LogP contribution < -0.4 is 20.4 Å². The van der Waals surface area contributed by atoms with Crippen molar-refractivity contribution in [2.75, 3.05) is 53.2 Å². The Hall–Kier alpha value is -3.35. The normalized spacial score (nSPS) is 14.1. The Morgan fingerprint density at radius 2 is 1.59 bits per heavy atom. The van der Waals surface area contributed by atoms with Gasteiger partial charge in [0, 0.05) is 38.4 Å². The summed E-state index contributed by atoms with van der Waals surface area (Å²) in [7, 11) is 0. The van der Waals surface area contributed by atoms with Crippen molar-refractivity contribution in [1.82, 2.24) is 9.97 Å². The summed E-state index contributed by atoms with van der Waals surface area (Å²) in [5, 5.41) is 0. The summed E-state index contributed by atoms with van der Waals surface area (Å²) in [6.07, 6.45) is 1.57. The van der Waals surface area contributed by atoms with Crippen LogP contribution in [-0.4, -0.2) is 42.7 Å². The van der Waals surface area contributed by atoms with Crippen LogP contribution in [0.5, 0.6) is 0 Å². The molecule has 0 saturated carbocycles. The zero-order chi connectivity index (χ0) is 20.2. The maximum atomic E-state index is 14.1. The lowest BCUT2D eigenvalue weighted by atomic mass is 10.2. The van der Waals surface area contributed by atoms with Gasteiger partial charge in [0.15, 0.2) is 11.6 Å². The molecule has 3 aromatic rings. The molecule has 0 radical (unpaired) electrons. The molecule has 0 aliphatic carbocycles. The van der Waals surface area contributed by atoms with Crippen LogP contribution >= 0.6 is 0 Å². The van der Waals surface area contributed by atoms with Crippen LogP contribution in [0.2, 0.25) is 0 Å². The third-order valence-corrected chi connectivity index (χ3v) is 5.25. The number of hydrogen-bond donors (Lipinski definition) is 1. The molecular weight excluding hydrogens is 367 g/mol. The highest BCUT2D eigenvalue weighted by molar-refractivity contribution is 5.79. The van der Waals surface area contributed by atoms with Gasteiger partial charge in [-0.3, -0.25) is 0 Å². The number of rotatable bonds is 5. The second-order valence-electron chi connectivity index (χ2n) is 6.94. The van der Waals surface area contributed by atoms with Gasteiger partial charge in [0.05, 0.1) is 5.69 Å². The van der Waals surface area contributed by atoms with E-state index in [0.717, 1.165) is 18.1 Å². The summed E-state index contributed by atoms with van der Waals surface area (Å²) in [6, 6.07) is 17.0. The minimum absolute atomic E-state index is 0.189. The van der Waals surface area contributed by atoms with E-state index < -0.39 is 0 Å². The number of nitrogens with zero attached hydrogens (tertiary/aromatic N) is 5. The molecule has 0 amide bonds. The van der Waals surface area contributed by atoms with E-state index in [1.54, 1.807) is 12.4 Å². The van der Waals surface area contributed by atoms with Crippen molar-refractivity contribution < 1.29 is 4.39 Å². The Bertz CT molecular complexity index is 957. The second kappa shape index (κ2) is 8.34. The number of halogens is 1. The van der Waals surface area contributed by atoms with E-state index in [1.165, 1.54) is 6.07 Å². The smallest absolute Gasteiger partial charge is 0.161 e. The van der Waals surface area contributed by atoms with Crippen LogP contribution in [0.1, 0.15) is 6.92 Å². The molecule has 4 rings (SSSR count). The number of anilines is 5. The molecule has 0 bridgehead atoms. The third-order valence-electron chi connectivity index (χ3n) is 5.25. The third kappa shape index (κ3) is 3.81. The molecule has 1 aliphatic rings. The number of para-hydroxylation sites is 2. The fourth-order valence-corrected chi connectivity index (χ4v) is 3.77. The van der Waals surface area contributed by atoms with Crippen molar-refractivity contribution in [3.8, 4) is 0 Å². The molecular formula is C22H25FN6. The first-order chi connectivity index (χ1) is 14.2. The Morgan fingerprint density at radius 1 is 0.931 bits per heavy atom. The average Bonchev–Trinajstić information content (AvgIpc) is 2.77. The molecule has 150 valence electrons. The molecule has 1 aliphatic heterocycles. The van der Waals surface area contributed by atoms with Gasteiger partial charge >= 0.3 is 0 Å². The summed E-state index contributed by atoms with van der Waals surface area (Å²) >= 11 is 0. The Labute approximate surface area is 170 Å².